The lowest BCUT2D eigenvalue weighted by Gasteiger charge is -2.37. The Kier molecular flexibility index (Phi) is 6.12. The molecule has 0 aromatic carbocycles. The van der Waals surface area contributed by atoms with E-state index in [1.807, 2.05) is 11.0 Å². The Morgan fingerprint density at radius 2 is 2.00 bits per heavy atom. The van der Waals surface area contributed by atoms with Gasteiger partial charge in [-0.15, -0.1) is 0 Å². The van der Waals surface area contributed by atoms with Gasteiger partial charge >= 0.3 is 0 Å². The van der Waals surface area contributed by atoms with Crippen LogP contribution in [-0.2, 0) is 4.79 Å². The number of piperazine rings is 1. The Labute approximate surface area is 143 Å². The van der Waals surface area contributed by atoms with E-state index in [2.05, 4.69) is 19.8 Å². The number of aliphatic hydroxyl groups excluding tert-OH is 1. The fourth-order valence-corrected chi connectivity index (χ4v) is 3.59. The Bertz CT molecular complexity index is 519. The van der Waals surface area contributed by atoms with Crippen molar-refractivity contribution in [2.75, 3.05) is 59.0 Å². The SMILES string of the molecule is O=C(CN1CCN(CCO)CC1)N1CCC[C@H](c2ccncn2)C1. The van der Waals surface area contributed by atoms with Crippen molar-refractivity contribution in [2.24, 2.45) is 0 Å². The highest BCUT2D eigenvalue weighted by atomic mass is 16.3. The number of nitrogens with zero attached hydrogens (tertiary/aromatic N) is 5. The summed E-state index contributed by atoms with van der Waals surface area (Å²) in [6.07, 6.45) is 5.47. The lowest BCUT2D eigenvalue weighted by atomic mass is 9.94. The molecular weight excluding hydrogens is 306 g/mol. The summed E-state index contributed by atoms with van der Waals surface area (Å²) >= 11 is 0. The summed E-state index contributed by atoms with van der Waals surface area (Å²) in [5.41, 5.74) is 1.04. The van der Waals surface area contributed by atoms with E-state index < -0.39 is 0 Å². The quantitative estimate of drug-likeness (QED) is 0.804. The first-order valence-electron chi connectivity index (χ1n) is 8.85. The molecule has 0 unspecified atom stereocenters. The van der Waals surface area contributed by atoms with E-state index in [4.69, 9.17) is 5.11 Å². The van der Waals surface area contributed by atoms with E-state index in [-0.39, 0.29) is 12.5 Å². The highest BCUT2D eigenvalue weighted by Crippen LogP contribution is 2.25. The number of hydrogen-bond acceptors (Lipinski definition) is 6. The summed E-state index contributed by atoms with van der Waals surface area (Å²) in [5, 5.41) is 8.99. The first-order valence-corrected chi connectivity index (χ1v) is 8.85. The number of amides is 1. The molecule has 1 N–H and O–H groups in total. The van der Waals surface area contributed by atoms with Crippen molar-refractivity contribution in [2.45, 2.75) is 18.8 Å². The van der Waals surface area contributed by atoms with Gasteiger partial charge in [-0.3, -0.25) is 14.6 Å². The van der Waals surface area contributed by atoms with Gasteiger partial charge in [0, 0.05) is 63.6 Å². The molecular formula is C17H27N5O2. The molecule has 0 bridgehead atoms. The molecule has 2 aliphatic heterocycles. The number of aliphatic hydroxyl groups is 1. The normalized spacial score (nSPS) is 23.4. The van der Waals surface area contributed by atoms with Crippen molar-refractivity contribution in [3.05, 3.63) is 24.3 Å². The molecule has 7 nitrogen and oxygen atoms in total. The van der Waals surface area contributed by atoms with E-state index in [9.17, 15) is 4.79 Å². The average Bonchev–Trinajstić information content (AvgIpc) is 2.64. The number of carbonyl (C=O) groups is 1. The van der Waals surface area contributed by atoms with Gasteiger partial charge in [-0.25, -0.2) is 9.97 Å². The van der Waals surface area contributed by atoms with Gasteiger partial charge in [-0.2, -0.15) is 0 Å². The highest BCUT2D eigenvalue weighted by molar-refractivity contribution is 5.78. The van der Waals surface area contributed by atoms with Crippen molar-refractivity contribution in [1.82, 2.24) is 24.7 Å². The Hall–Kier alpha value is -1.57. The predicted molar refractivity (Wildman–Crippen MR) is 90.6 cm³/mol. The van der Waals surface area contributed by atoms with Crippen molar-refractivity contribution in [3.8, 4) is 0 Å². The van der Waals surface area contributed by atoms with Crippen LogP contribution in [0.25, 0.3) is 0 Å². The molecule has 0 aliphatic carbocycles. The summed E-state index contributed by atoms with van der Waals surface area (Å²) in [5.74, 6) is 0.552. The van der Waals surface area contributed by atoms with Gasteiger partial charge in [-0.05, 0) is 18.9 Å². The van der Waals surface area contributed by atoms with E-state index in [1.54, 1.807) is 12.5 Å². The fourth-order valence-electron chi connectivity index (χ4n) is 3.59. The maximum Gasteiger partial charge on any atom is 0.236 e. The van der Waals surface area contributed by atoms with E-state index in [0.717, 1.165) is 64.3 Å². The number of likely N-dealkylation sites (tertiary alicyclic amines) is 1. The number of aromatic nitrogens is 2. The van der Waals surface area contributed by atoms with Crippen LogP contribution in [0.5, 0.6) is 0 Å². The van der Waals surface area contributed by atoms with Gasteiger partial charge < -0.3 is 10.0 Å². The molecule has 0 radical (unpaired) electrons. The van der Waals surface area contributed by atoms with Crippen LogP contribution in [0.4, 0.5) is 0 Å². The van der Waals surface area contributed by atoms with Crippen LogP contribution in [0.2, 0.25) is 0 Å². The molecule has 132 valence electrons. The van der Waals surface area contributed by atoms with E-state index in [0.29, 0.717) is 12.5 Å². The van der Waals surface area contributed by atoms with Crippen LogP contribution in [0, 0.1) is 0 Å². The molecule has 2 fully saturated rings. The van der Waals surface area contributed by atoms with Crippen LogP contribution >= 0.6 is 0 Å². The minimum absolute atomic E-state index is 0.205. The summed E-state index contributed by atoms with van der Waals surface area (Å²) in [7, 11) is 0. The zero-order valence-electron chi connectivity index (χ0n) is 14.2. The van der Waals surface area contributed by atoms with E-state index in [1.165, 1.54) is 0 Å². The van der Waals surface area contributed by atoms with Gasteiger partial charge in [0.2, 0.25) is 5.91 Å². The van der Waals surface area contributed by atoms with Crippen LogP contribution in [0.15, 0.2) is 18.6 Å². The van der Waals surface area contributed by atoms with E-state index >= 15 is 0 Å². The molecule has 0 saturated carbocycles. The van der Waals surface area contributed by atoms with Crippen LogP contribution in [0.1, 0.15) is 24.5 Å². The summed E-state index contributed by atoms with van der Waals surface area (Å²) < 4.78 is 0. The van der Waals surface area contributed by atoms with Gasteiger partial charge in [0.1, 0.15) is 6.33 Å². The molecule has 3 heterocycles. The number of β-amino-alcohol motifs (C(OH)–C–C–N with tert-alkyl or cyclic N) is 1. The van der Waals surface area contributed by atoms with Crippen molar-refractivity contribution >= 4 is 5.91 Å². The second-order valence-corrected chi connectivity index (χ2v) is 6.65. The molecule has 1 atom stereocenters. The lowest BCUT2D eigenvalue weighted by Crippen LogP contribution is -2.51. The topological polar surface area (TPSA) is 72.8 Å². The summed E-state index contributed by atoms with van der Waals surface area (Å²) in [6, 6.07) is 1.96. The summed E-state index contributed by atoms with van der Waals surface area (Å²) in [6.45, 7) is 6.71. The zero-order valence-corrected chi connectivity index (χ0v) is 14.2. The van der Waals surface area contributed by atoms with Crippen molar-refractivity contribution in [3.63, 3.8) is 0 Å². The number of piperidine rings is 1. The minimum Gasteiger partial charge on any atom is -0.395 e. The van der Waals surface area contributed by atoms with Crippen molar-refractivity contribution < 1.29 is 9.90 Å². The highest BCUT2D eigenvalue weighted by Gasteiger charge is 2.27. The largest absolute Gasteiger partial charge is 0.395 e. The van der Waals surface area contributed by atoms with Gasteiger partial charge in [0.25, 0.3) is 0 Å². The third kappa shape index (κ3) is 4.49. The van der Waals surface area contributed by atoms with Crippen LogP contribution < -0.4 is 0 Å². The Balaban J connectivity index is 1.48. The van der Waals surface area contributed by atoms with Crippen LogP contribution in [-0.4, -0.2) is 94.6 Å². The van der Waals surface area contributed by atoms with Crippen LogP contribution in [0.3, 0.4) is 0 Å². The molecule has 1 aromatic heterocycles. The zero-order chi connectivity index (χ0) is 16.8. The molecule has 0 spiro atoms. The van der Waals surface area contributed by atoms with Crippen molar-refractivity contribution in [1.29, 1.82) is 0 Å². The minimum atomic E-state index is 0.205. The Morgan fingerprint density at radius 1 is 1.21 bits per heavy atom. The smallest absolute Gasteiger partial charge is 0.236 e. The average molecular weight is 333 g/mol. The maximum absolute atomic E-state index is 12.6. The number of hydrogen-bond donors (Lipinski definition) is 1. The number of rotatable bonds is 5. The standard InChI is InChI=1S/C17H27N5O2/c23-11-10-20-6-8-21(9-7-20)13-17(24)22-5-1-2-15(12-22)16-3-4-18-14-19-16/h3-4,14-15,23H,1-2,5-13H2/t15-/m0/s1. The molecule has 1 aromatic rings. The first kappa shape index (κ1) is 17.3. The first-order chi connectivity index (χ1) is 11.8. The molecule has 24 heavy (non-hydrogen) atoms. The van der Waals surface area contributed by atoms with Gasteiger partial charge in [0.05, 0.1) is 13.2 Å². The lowest BCUT2D eigenvalue weighted by molar-refractivity contribution is -0.134. The monoisotopic (exact) mass is 333 g/mol. The Morgan fingerprint density at radius 3 is 2.71 bits per heavy atom. The summed E-state index contributed by atoms with van der Waals surface area (Å²) in [4.78, 5) is 27.4. The van der Waals surface area contributed by atoms with Gasteiger partial charge in [0.15, 0.2) is 0 Å². The third-order valence-electron chi connectivity index (χ3n) is 5.04. The number of carbonyl (C=O) groups excluding carboxylic acids is 1. The van der Waals surface area contributed by atoms with Gasteiger partial charge in [-0.1, -0.05) is 0 Å². The molecule has 2 aliphatic rings. The second-order valence-electron chi connectivity index (χ2n) is 6.65. The molecule has 2 saturated heterocycles. The molecule has 1 amide bonds. The third-order valence-corrected chi connectivity index (χ3v) is 5.04. The molecule has 3 rings (SSSR count). The molecule has 7 heteroatoms. The predicted octanol–water partition coefficient (Wildman–Crippen LogP) is -0.207. The maximum atomic E-state index is 12.6. The second kappa shape index (κ2) is 8.50. The fraction of sp³-hybridized carbons (Fsp3) is 0.706.